The van der Waals surface area contributed by atoms with Gasteiger partial charge in [-0.1, -0.05) is 18.2 Å². The first kappa shape index (κ1) is 13.9. The van der Waals surface area contributed by atoms with Crippen molar-refractivity contribution in [1.29, 1.82) is 0 Å². The van der Waals surface area contributed by atoms with E-state index in [2.05, 4.69) is 0 Å². The summed E-state index contributed by atoms with van der Waals surface area (Å²) in [4.78, 5) is 11.9. The molecular formula is C17H17NO2. The fraction of sp³-hybridized carbons (Fsp3) is 0.118. The number of ether oxygens (including phenoxy) is 1. The molecule has 3 heteroatoms. The maximum Gasteiger partial charge on any atom is 0.185 e. The maximum atomic E-state index is 11.9. The monoisotopic (exact) mass is 267 g/mol. The zero-order valence-electron chi connectivity index (χ0n) is 11.4. The van der Waals surface area contributed by atoms with E-state index >= 15 is 0 Å². The first-order valence-electron chi connectivity index (χ1n) is 6.50. The quantitative estimate of drug-likeness (QED) is 0.512. The third-order valence-electron chi connectivity index (χ3n) is 2.81. The van der Waals surface area contributed by atoms with E-state index in [0.29, 0.717) is 17.9 Å². The van der Waals surface area contributed by atoms with Crippen LogP contribution in [0.3, 0.4) is 0 Å². The molecule has 2 rings (SSSR count). The van der Waals surface area contributed by atoms with Crippen molar-refractivity contribution in [2.24, 2.45) is 0 Å². The highest BCUT2D eigenvalue weighted by Gasteiger charge is 2.00. The first-order chi connectivity index (χ1) is 9.69. The highest BCUT2D eigenvalue weighted by Crippen LogP contribution is 2.14. The average molecular weight is 267 g/mol. The second kappa shape index (κ2) is 6.57. The number of hydrogen-bond donors (Lipinski definition) is 1. The molecule has 0 aliphatic heterocycles. The normalized spacial score (nSPS) is 10.7. The fourth-order valence-electron chi connectivity index (χ4n) is 1.76. The van der Waals surface area contributed by atoms with Crippen molar-refractivity contribution in [3.63, 3.8) is 0 Å². The summed E-state index contributed by atoms with van der Waals surface area (Å²) >= 11 is 0. The number of anilines is 1. The van der Waals surface area contributed by atoms with Crippen LogP contribution in [0, 0.1) is 0 Å². The molecule has 0 saturated heterocycles. The van der Waals surface area contributed by atoms with Crippen molar-refractivity contribution < 1.29 is 9.53 Å². The Morgan fingerprint density at radius 1 is 1.10 bits per heavy atom. The van der Waals surface area contributed by atoms with Crippen LogP contribution in [0.5, 0.6) is 5.75 Å². The summed E-state index contributed by atoms with van der Waals surface area (Å²) in [6, 6.07) is 14.5. The van der Waals surface area contributed by atoms with E-state index in [9.17, 15) is 4.79 Å². The van der Waals surface area contributed by atoms with Gasteiger partial charge in [0.15, 0.2) is 5.78 Å². The van der Waals surface area contributed by atoms with Gasteiger partial charge in [-0.2, -0.15) is 0 Å². The van der Waals surface area contributed by atoms with E-state index in [4.69, 9.17) is 10.5 Å². The summed E-state index contributed by atoms with van der Waals surface area (Å²) in [5.74, 6) is 0.786. The summed E-state index contributed by atoms with van der Waals surface area (Å²) in [5, 5.41) is 0. The third-order valence-corrected chi connectivity index (χ3v) is 2.81. The number of nitrogen functional groups attached to an aromatic ring is 1. The number of benzene rings is 2. The van der Waals surface area contributed by atoms with Crippen LogP contribution in [0.1, 0.15) is 22.8 Å². The molecule has 0 atom stereocenters. The van der Waals surface area contributed by atoms with E-state index in [1.807, 2.05) is 31.2 Å². The molecule has 3 nitrogen and oxygen atoms in total. The van der Waals surface area contributed by atoms with Gasteiger partial charge in [0.1, 0.15) is 5.75 Å². The molecule has 2 aromatic carbocycles. The molecule has 0 radical (unpaired) electrons. The molecule has 0 bridgehead atoms. The van der Waals surface area contributed by atoms with Crippen LogP contribution in [0.25, 0.3) is 6.08 Å². The van der Waals surface area contributed by atoms with Crippen LogP contribution in [0.15, 0.2) is 54.6 Å². The smallest absolute Gasteiger partial charge is 0.185 e. The third kappa shape index (κ3) is 3.72. The van der Waals surface area contributed by atoms with Crippen molar-refractivity contribution in [1.82, 2.24) is 0 Å². The Kier molecular flexibility index (Phi) is 4.56. The lowest BCUT2D eigenvalue weighted by molar-refractivity contribution is 0.104. The van der Waals surface area contributed by atoms with Crippen molar-refractivity contribution >= 4 is 17.5 Å². The molecule has 0 heterocycles. The van der Waals surface area contributed by atoms with Crippen LogP contribution in [0.2, 0.25) is 0 Å². The largest absolute Gasteiger partial charge is 0.494 e. The van der Waals surface area contributed by atoms with Gasteiger partial charge in [0.25, 0.3) is 0 Å². The van der Waals surface area contributed by atoms with E-state index in [0.717, 1.165) is 11.3 Å². The molecule has 0 spiro atoms. The summed E-state index contributed by atoms with van der Waals surface area (Å²) in [6.45, 7) is 2.59. The second-order valence-electron chi connectivity index (χ2n) is 4.32. The minimum absolute atomic E-state index is 0.0427. The number of nitrogens with two attached hydrogens (primary N) is 1. The molecule has 102 valence electrons. The van der Waals surface area contributed by atoms with Crippen molar-refractivity contribution in [3.8, 4) is 5.75 Å². The molecule has 0 amide bonds. The number of carbonyl (C=O) groups excluding carboxylic acids is 1. The minimum Gasteiger partial charge on any atom is -0.494 e. The second-order valence-corrected chi connectivity index (χ2v) is 4.32. The molecule has 0 fully saturated rings. The Bertz CT molecular complexity index is 598. The highest BCUT2D eigenvalue weighted by molar-refractivity contribution is 6.06. The van der Waals surface area contributed by atoms with E-state index in [1.54, 1.807) is 36.4 Å². The standard InChI is InChI=1S/C17H17NO2/c1-2-20-16-10-3-13(4-11-16)5-12-17(19)14-6-8-15(18)9-7-14/h3-12H,2,18H2,1H3/b12-5+. The van der Waals surface area contributed by atoms with Crippen LogP contribution < -0.4 is 10.5 Å². The minimum atomic E-state index is -0.0427. The Morgan fingerprint density at radius 2 is 1.75 bits per heavy atom. The Labute approximate surface area is 118 Å². The molecular weight excluding hydrogens is 250 g/mol. The predicted octanol–water partition coefficient (Wildman–Crippen LogP) is 3.56. The van der Waals surface area contributed by atoms with Crippen molar-refractivity contribution in [2.75, 3.05) is 12.3 Å². The zero-order valence-corrected chi connectivity index (χ0v) is 11.4. The molecule has 0 aliphatic carbocycles. The molecule has 0 aliphatic rings. The van der Waals surface area contributed by atoms with Crippen molar-refractivity contribution in [2.45, 2.75) is 6.92 Å². The van der Waals surface area contributed by atoms with Gasteiger partial charge in [-0.05, 0) is 55.0 Å². The maximum absolute atomic E-state index is 11.9. The number of allylic oxidation sites excluding steroid dienone is 1. The van der Waals surface area contributed by atoms with Gasteiger partial charge in [-0.15, -0.1) is 0 Å². The van der Waals surface area contributed by atoms with Gasteiger partial charge >= 0.3 is 0 Å². The van der Waals surface area contributed by atoms with Gasteiger partial charge in [0.05, 0.1) is 6.61 Å². The van der Waals surface area contributed by atoms with Crippen LogP contribution in [-0.2, 0) is 0 Å². The van der Waals surface area contributed by atoms with E-state index in [1.165, 1.54) is 0 Å². The van der Waals surface area contributed by atoms with Gasteiger partial charge < -0.3 is 10.5 Å². The lowest BCUT2D eigenvalue weighted by atomic mass is 10.1. The Balaban J connectivity index is 2.04. The summed E-state index contributed by atoms with van der Waals surface area (Å²) in [5.41, 5.74) is 7.82. The highest BCUT2D eigenvalue weighted by atomic mass is 16.5. The Morgan fingerprint density at radius 3 is 2.35 bits per heavy atom. The molecule has 2 N–H and O–H groups in total. The summed E-state index contributed by atoms with van der Waals surface area (Å²) in [7, 11) is 0. The number of ketones is 1. The van der Waals surface area contributed by atoms with Crippen LogP contribution in [-0.4, -0.2) is 12.4 Å². The van der Waals surface area contributed by atoms with Crippen LogP contribution >= 0.6 is 0 Å². The van der Waals surface area contributed by atoms with Gasteiger partial charge in [0.2, 0.25) is 0 Å². The van der Waals surface area contributed by atoms with Gasteiger partial charge in [0, 0.05) is 11.3 Å². The number of rotatable bonds is 5. The van der Waals surface area contributed by atoms with E-state index < -0.39 is 0 Å². The molecule has 0 saturated carbocycles. The fourth-order valence-corrected chi connectivity index (χ4v) is 1.76. The average Bonchev–Trinajstić information content (AvgIpc) is 2.47. The molecule has 20 heavy (non-hydrogen) atoms. The molecule has 0 unspecified atom stereocenters. The Hall–Kier alpha value is -2.55. The summed E-state index contributed by atoms with van der Waals surface area (Å²) < 4.78 is 5.36. The summed E-state index contributed by atoms with van der Waals surface area (Å²) in [6.07, 6.45) is 3.34. The first-order valence-corrected chi connectivity index (χ1v) is 6.50. The molecule has 2 aromatic rings. The SMILES string of the molecule is CCOc1ccc(/C=C/C(=O)c2ccc(N)cc2)cc1. The van der Waals surface area contributed by atoms with Gasteiger partial charge in [-0.25, -0.2) is 0 Å². The predicted molar refractivity (Wildman–Crippen MR) is 81.8 cm³/mol. The number of hydrogen-bond acceptors (Lipinski definition) is 3. The zero-order chi connectivity index (χ0) is 14.4. The van der Waals surface area contributed by atoms with Gasteiger partial charge in [-0.3, -0.25) is 4.79 Å². The van der Waals surface area contributed by atoms with E-state index in [-0.39, 0.29) is 5.78 Å². The van der Waals surface area contributed by atoms with Crippen molar-refractivity contribution in [3.05, 3.63) is 65.7 Å². The molecule has 0 aromatic heterocycles. The topological polar surface area (TPSA) is 52.3 Å². The lowest BCUT2D eigenvalue weighted by Gasteiger charge is -2.02. The van der Waals surface area contributed by atoms with Crippen LogP contribution in [0.4, 0.5) is 5.69 Å². The lowest BCUT2D eigenvalue weighted by Crippen LogP contribution is -1.94. The number of carbonyl (C=O) groups is 1.